The first kappa shape index (κ1) is 17.7. The molecule has 132 valence electrons. The van der Waals surface area contributed by atoms with Gasteiger partial charge in [0.25, 0.3) is 5.91 Å². The number of ether oxygens (including phenoxy) is 1. The van der Waals surface area contributed by atoms with Crippen LogP contribution in [0.25, 0.3) is 0 Å². The number of benzene rings is 2. The van der Waals surface area contributed by atoms with Gasteiger partial charge in [0.2, 0.25) is 0 Å². The van der Waals surface area contributed by atoms with Crippen LogP contribution < -0.4 is 15.4 Å². The maximum absolute atomic E-state index is 12.5. The minimum Gasteiger partial charge on any atom is -0.495 e. The Bertz CT molecular complexity index is 946. The summed E-state index contributed by atoms with van der Waals surface area (Å²) < 4.78 is 5.24. The van der Waals surface area contributed by atoms with Crippen LogP contribution in [0.1, 0.15) is 16.1 Å². The van der Waals surface area contributed by atoms with Crippen LogP contribution in [0, 0.1) is 6.92 Å². The second-order valence-corrected chi connectivity index (χ2v) is 5.96. The highest BCUT2D eigenvalue weighted by Crippen LogP contribution is 2.25. The van der Waals surface area contributed by atoms with Crippen molar-refractivity contribution in [1.82, 2.24) is 9.97 Å². The molecule has 2 N–H and O–H groups in total. The average Bonchev–Trinajstić information content (AvgIpc) is 2.65. The maximum Gasteiger partial charge on any atom is 0.274 e. The molecule has 0 unspecified atom stereocenters. The summed E-state index contributed by atoms with van der Waals surface area (Å²) in [5.74, 6) is 0.730. The van der Waals surface area contributed by atoms with E-state index in [4.69, 9.17) is 16.3 Å². The molecule has 0 saturated heterocycles. The van der Waals surface area contributed by atoms with Crippen LogP contribution in [0.4, 0.5) is 17.2 Å². The van der Waals surface area contributed by atoms with Crippen molar-refractivity contribution in [1.29, 1.82) is 0 Å². The largest absolute Gasteiger partial charge is 0.495 e. The third-order valence-corrected chi connectivity index (χ3v) is 3.94. The van der Waals surface area contributed by atoms with Gasteiger partial charge >= 0.3 is 0 Å². The minimum atomic E-state index is -0.354. The highest BCUT2D eigenvalue weighted by atomic mass is 35.5. The van der Waals surface area contributed by atoms with Gasteiger partial charge in [0.05, 0.1) is 12.8 Å². The van der Waals surface area contributed by atoms with Gasteiger partial charge < -0.3 is 15.4 Å². The highest BCUT2D eigenvalue weighted by Gasteiger charge is 2.12. The van der Waals surface area contributed by atoms with Crippen LogP contribution in [0.5, 0.6) is 5.75 Å². The van der Waals surface area contributed by atoms with Gasteiger partial charge in [0.1, 0.15) is 23.6 Å². The van der Waals surface area contributed by atoms with Gasteiger partial charge in [-0.25, -0.2) is 9.97 Å². The average molecular weight is 369 g/mol. The number of amides is 1. The third kappa shape index (κ3) is 4.10. The maximum atomic E-state index is 12.5. The molecule has 0 saturated carbocycles. The van der Waals surface area contributed by atoms with Crippen molar-refractivity contribution in [3.8, 4) is 5.75 Å². The smallest absolute Gasteiger partial charge is 0.274 e. The molecule has 26 heavy (non-hydrogen) atoms. The lowest BCUT2D eigenvalue weighted by atomic mass is 10.2. The summed E-state index contributed by atoms with van der Waals surface area (Å²) in [6, 6.07) is 14.2. The Morgan fingerprint density at radius 1 is 1.08 bits per heavy atom. The zero-order valence-electron chi connectivity index (χ0n) is 14.3. The molecule has 7 heteroatoms. The topological polar surface area (TPSA) is 76.1 Å². The molecule has 0 atom stereocenters. The van der Waals surface area contributed by atoms with Crippen LogP contribution in [-0.2, 0) is 0 Å². The number of carbonyl (C=O) groups is 1. The number of aryl methyl sites for hydroxylation is 1. The number of methoxy groups -OCH3 is 1. The molecular weight excluding hydrogens is 352 g/mol. The summed E-state index contributed by atoms with van der Waals surface area (Å²) in [5, 5.41) is 6.61. The van der Waals surface area contributed by atoms with Crippen LogP contribution >= 0.6 is 11.6 Å². The standard InChI is InChI=1S/C19H17ClN4O2/c1-12-9-13(20)7-8-14(12)23-18-10-16(21-11-22-18)19(25)24-15-5-3-4-6-17(15)26-2/h3-11H,1-2H3,(H,24,25)(H,21,22,23). The molecule has 3 rings (SSSR count). The first-order valence-corrected chi connectivity index (χ1v) is 8.24. The number of rotatable bonds is 5. The summed E-state index contributed by atoms with van der Waals surface area (Å²) >= 11 is 5.97. The number of hydrogen-bond acceptors (Lipinski definition) is 5. The van der Waals surface area contributed by atoms with Gasteiger partial charge in [0.15, 0.2) is 0 Å². The number of nitrogens with zero attached hydrogens (tertiary/aromatic N) is 2. The van der Waals surface area contributed by atoms with Crippen molar-refractivity contribution in [3.05, 3.63) is 71.1 Å². The van der Waals surface area contributed by atoms with Crippen molar-refractivity contribution in [2.24, 2.45) is 0 Å². The summed E-state index contributed by atoms with van der Waals surface area (Å²) in [5.41, 5.74) is 2.63. The molecule has 0 aliphatic heterocycles. The van der Waals surface area contributed by atoms with Crippen LogP contribution in [-0.4, -0.2) is 23.0 Å². The third-order valence-electron chi connectivity index (χ3n) is 3.71. The van der Waals surface area contributed by atoms with Crippen molar-refractivity contribution < 1.29 is 9.53 Å². The lowest BCUT2D eigenvalue weighted by Gasteiger charge is -2.11. The normalized spacial score (nSPS) is 10.3. The number of carbonyl (C=O) groups excluding carboxylic acids is 1. The van der Waals surface area contributed by atoms with Crippen LogP contribution in [0.3, 0.4) is 0 Å². The van der Waals surface area contributed by atoms with Gasteiger partial charge in [-0.05, 0) is 42.8 Å². The van der Waals surface area contributed by atoms with E-state index in [1.807, 2.05) is 31.2 Å². The Hall–Kier alpha value is -3.12. The zero-order chi connectivity index (χ0) is 18.5. The molecule has 0 bridgehead atoms. The lowest BCUT2D eigenvalue weighted by molar-refractivity contribution is 0.102. The van der Waals surface area contributed by atoms with E-state index in [-0.39, 0.29) is 11.6 Å². The SMILES string of the molecule is COc1ccccc1NC(=O)c1cc(Nc2ccc(Cl)cc2C)ncn1. The second-order valence-electron chi connectivity index (χ2n) is 5.53. The molecule has 0 radical (unpaired) electrons. The summed E-state index contributed by atoms with van der Waals surface area (Å²) in [6.45, 7) is 1.94. The molecule has 1 heterocycles. The molecule has 2 aromatic carbocycles. The van der Waals surface area contributed by atoms with Crippen LogP contribution in [0.15, 0.2) is 54.9 Å². The van der Waals surface area contributed by atoms with E-state index in [0.29, 0.717) is 22.3 Å². The highest BCUT2D eigenvalue weighted by molar-refractivity contribution is 6.30. The van der Waals surface area contributed by atoms with E-state index in [1.54, 1.807) is 31.4 Å². The Balaban J connectivity index is 1.79. The Labute approximate surface area is 156 Å². The minimum absolute atomic E-state index is 0.236. The predicted octanol–water partition coefficient (Wildman–Crippen LogP) is 4.44. The number of nitrogens with one attached hydrogen (secondary N) is 2. The number of halogens is 1. The van der Waals surface area contributed by atoms with Gasteiger partial charge in [-0.15, -0.1) is 0 Å². The second kappa shape index (κ2) is 7.84. The van der Waals surface area contributed by atoms with Crippen molar-refractivity contribution in [2.75, 3.05) is 17.7 Å². The fourth-order valence-corrected chi connectivity index (χ4v) is 2.62. The predicted molar refractivity (Wildman–Crippen MR) is 102 cm³/mol. The monoisotopic (exact) mass is 368 g/mol. The molecule has 0 aliphatic carbocycles. The Kier molecular flexibility index (Phi) is 5.34. The Morgan fingerprint density at radius 2 is 1.88 bits per heavy atom. The molecule has 0 aliphatic rings. The number of anilines is 3. The Morgan fingerprint density at radius 3 is 2.65 bits per heavy atom. The van der Waals surface area contributed by atoms with Gasteiger partial charge in [-0.3, -0.25) is 4.79 Å². The molecule has 1 aromatic heterocycles. The zero-order valence-corrected chi connectivity index (χ0v) is 15.0. The van der Waals surface area contributed by atoms with E-state index >= 15 is 0 Å². The van der Waals surface area contributed by atoms with E-state index in [2.05, 4.69) is 20.6 Å². The summed E-state index contributed by atoms with van der Waals surface area (Å²) in [7, 11) is 1.55. The molecule has 0 fully saturated rings. The fourth-order valence-electron chi connectivity index (χ4n) is 2.39. The molecule has 1 amide bonds. The molecule has 3 aromatic rings. The van der Waals surface area contributed by atoms with E-state index in [0.717, 1.165) is 11.3 Å². The molecular formula is C19H17ClN4O2. The quantitative estimate of drug-likeness (QED) is 0.696. The first-order valence-electron chi connectivity index (χ1n) is 7.86. The molecule has 6 nitrogen and oxygen atoms in total. The van der Waals surface area contributed by atoms with Gasteiger partial charge in [-0.1, -0.05) is 23.7 Å². The number of aromatic nitrogens is 2. The van der Waals surface area contributed by atoms with Crippen molar-refractivity contribution in [3.63, 3.8) is 0 Å². The molecule has 0 spiro atoms. The van der Waals surface area contributed by atoms with E-state index < -0.39 is 0 Å². The number of para-hydroxylation sites is 2. The summed E-state index contributed by atoms with van der Waals surface area (Å²) in [4.78, 5) is 20.7. The van der Waals surface area contributed by atoms with E-state index in [9.17, 15) is 4.79 Å². The van der Waals surface area contributed by atoms with E-state index in [1.165, 1.54) is 6.33 Å². The number of hydrogen-bond donors (Lipinski definition) is 2. The van der Waals surface area contributed by atoms with Crippen molar-refractivity contribution >= 4 is 34.7 Å². The van der Waals surface area contributed by atoms with Crippen molar-refractivity contribution in [2.45, 2.75) is 6.92 Å². The first-order chi connectivity index (χ1) is 12.6. The van der Waals surface area contributed by atoms with Gasteiger partial charge in [0, 0.05) is 16.8 Å². The van der Waals surface area contributed by atoms with Gasteiger partial charge in [-0.2, -0.15) is 0 Å². The lowest BCUT2D eigenvalue weighted by Crippen LogP contribution is -2.15. The summed E-state index contributed by atoms with van der Waals surface area (Å²) in [6.07, 6.45) is 1.34. The fraction of sp³-hybridized carbons (Fsp3) is 0.105. The van der Waals surface area contributed by atoms with Crippen LogP contribution in [0.2, 0.25) is 5.02 Å².